The van der Waals surface area contributed by atoms with Gasteiger partial charge < -0.3 is 69.5 Å². The monoisotopic (exact) mass is 1480 g/mol. The summed E-state index contributed by atoms with van der Waals surface area (Å²) >= 11 is 0. The molecule has 109 heavy (non-hydrogen) atoms. The van der Waals surface area contributed by atoms with E-state index in [2.05, 4.69) is 31.6 Å². The third-order valence-electron chi connectivity index (χ3n) is 20.7. The van der Waals surface area contributed by atoms with Gasteiger partial charge in [0.1, 0.15) is 24.1 Å². The maximum absolute atomic E-state index is 14.5. The van der Waals surface area contributed by atoms with Crippen molar-refractivity contribution in [2.45, 2.75) is 136 Å². The molecule has 5 N–H and O–H groups in total. The minimum absolute atomic E-state index is 0.0278. The molecule has 7 aromatic rings. The number of aromatic nitrogens is 3. The van der Waals surface area contributed by atoms with Gasteiger partial charge in [-0.15, -0.1) is 5.10 Å². The van der Waals surface area contributed by atoms with Crippen LogP contribution in [0.25, 0.3) is 28.1 Å². The Morgan fingerprint density at radius 1 is 0.679 bits per heavy atom. The fourth-order valence-corrected chi connectivity index (χ4v) is 14.5. The predicted molar refractivity (Wildman–Crippen MR) is 402 cm³/mol. The second kappa shape index (κ2) is 32.3. The molecule has 5 aliphatic heterocycles. The first-order valence-corrected chi connectivity index (χ1v) is 36.6. The van der Waals surface area contributed by atoms with E-state index in [1.54, 1.807) is 78.3 Å². The summed E-state index contributed by atoms with van der Waals surface area (Å²) in [5.74, 6) is -2.42. The van der Waals surface area contributed by atoms with Gasteiger partial charge in [0.05, 0.1) is 106 Å². The van der Waals surface area contributed by atoms with E-state index in [1.807, 2.05) is 97.5 Å². The van der Waals surface area contributed by atoms with Crippen molar-refractivity contribution in [3.8, 4) is 51.3 Å². The smallest absolute Gasteiger partial charge is 0.416 e. The number of rotatable bonds is 27. The lowest BCUT2D eigenvalue weighted by atomic mass is 9.95. The van der Waals surface area contributed by atoms with Gasteiger partial charge in [0, 0.05) is 80.4 Å². The Balaban J connectivity index is 0.570. The summed E-state index contributed by atoms with van der Waals surface area (Å²) in [6.07, 6.45) is 3.89. The quantitative estimate of drug-likeness (QED) is 0.0300. The Bertz CT molecular complexity index is 4760. The summed E-state index contributed by atoms with van der Waals surface area (Å²) in [6, 6.07) is 32.8. The largest absolute Gasteiger partial charge is 0.497 e. The van der Waals surface area contributed by atoms with Crippen molar-refractivity contribution in [3.05, 3.63) is 161 Å². The van der Waals surface area contributed by atoms with Crippen LogP contribution in [-0.4, -0.2) is 174 Å². The van der Waals surface area contributed by atoms with Crippen LogP contribution in [0, 0.1) is 11.3 Å². The fourth-order valence-electron chi connectivity index (χ4n) is 14.5. The van der Waals surface area contributed by atoms with Gasteiger partial charge in [0.25, 0.3) is 11.8 Å². The molecule has 568 valence electrons. The van der Waals surface area contributed by atoms with Crippen LogP contribution in [0.15, 0.2) is 133 Å². The van der Waals surface area contributed by atoms with E-state index in [9.17, 15) is 48.3 Å². The number of hydrogen-bond acceptors (Lipinski definition) is 19. The average molecular weight is 1490 g/mol. The molecule has 6 heterocycles. The number of benzene rings is 6. The zero-order valence-corrected chi connectivity index (χ0v) is 62.0. The summed E-state index contributed by atoms with van der Waals surface area (Å²) in [5, 5.41) is 31.6. The van der Waals surface area contributed by atoms with E-state index in [0.717, 1.165) is 57.0 Å². The number of nitrogens with zero attached hydrogens (tertiary/aromatic N) is 8. The van der Waals surface area contributed by atoms with Crippen molar-refractivity contribution in [2.75, 3.05) is 64.0 Å². The summed E-state index contributed by atoms with van der Waals surface area (Å²) in [5.41, 5.74) is 8.50. The minimum atomic E-state index is -1.50. The maximum atomic E-state index is 14.5. The Labute approximate surface area is 630 Å². The van der Waals surface area contributed by atoms with Gasteiger partial charge in [-0.05, 0) is 110 Å². The number of ether oxygens (including phenoxy) is 6. The topological polar surface area (TPSA) is 333 Å². The second-order valence-electron chi connectivity index (χ2n) is 28.8. The van der Waals surface area contributed by atoms with Gasteiger partial charge in [0.15, 0.2) is 35.0 Å². The van der Waals surface area contributed by atoms with Crippen LogP contribution in [0.1, 0.15) is 129 Å². The Kier molecular flexibility index (Phi) is 22.3. The number of fused-ring (bicyclic) bond motifs is 9. The average Bonchev–Trinajstić information content (AvgIpc) is 1.58. The van der Waals surface area contributed by atoms with E-state index < -0.39 is 73.1 Å². The van der Waals surface area contributed by atoms with Gasteiger partial charge in [-0.1, -0.05) is 97.9 Å². The molecule has 1 aliphatic carbocycles. The lowest BCUT2D eigenvalue weighted by Crippen LogP contribution is -2.54. The highest BCUT2D eigenvalue weighted by atomic mass is 16.6. The molecule has 28 heteroatoms. The lowest BCUT2D eigenvalue weighted by molar-refractivity contribution is -0.132. The number of aliphatic hydroxyl groups excluding tert-OH is 1. The van der Waals surface area contributed by atoms with E-state index >= 15 is 0 Å². The van der Waals surface area contributed by atoms with Crippen LogP contribution in [-0.2, 0) is 53.1 Å². The van der Waals surface area contributed by atoms with E-state index in [-0.39, 0.29) is 109 Å². The van der Waals surface area contributed by atoms with Crippen molar-refractivity contribution in [1.82, 2.24) is 46.1 Å². The molecule has 2 fully saturated rings. The van der Waals surface area contributed by atoms with Crippen molar-refractivity contribution in [1.29, 1.82) is 0 Å². The number of anilines is 2. The number of aliphatic hydroxyl groups is 1. The van der Waals surface area contributed by atoms with Crippen molar-refractivity contribution >= 4 is 82.1 Å². The lowest BCUT2D eigenvalue weighted by Gasteiger charge is -2.31. The van der Waals surface area contributed by atoms with Crippen molar-refractivity contribution in [2.24, 2.45) is 16.3 Å². The number of hydrogen-bond donors (Lipinski definition) is 5. The highest BCUT2D eigenvalue weighted by molar-refractivity contribution is 6.08. The number of carbonyl (C=O) groups excluding carboxylic acids is 9. The van der Waals surface area contributed by atoms with Gasteiger partial charge in [-0.25, -0.2) is 14.4 Å². The van der Waals surface area contributed by atoms with E-state index in [0.29, 0.717) is 71.1 Å². The van der Waals surface area contributed by atoms with Gasteiger partial charge in [-0.3, -0.25) is 43.3 Å². The zero-order chi connectivity index (χ0) is 76.9. The molecule has 1 spiro atoms. The number of amides is 8. The number of ketones is 1. The number of carbonyl (C=O) groups is 9. The molecule has 13 rings (SSSR count). The Hall–Kier alpha value is -11.9. The third kappa shape index (κ3) is 16.2. The van der Waals surface area contributed by atoms with Crippen LogP contribution < -0.4 is 54.8 Å². The molecule has 1 saturated heterocycles. The molecule has 8 amide bonds. The Morgan fingerprint density at radius 3 is 2.05 bits per heavy atom. The van der Waals surface area contributed by atoms with Gasteiger partial charge in [-0.2, -0.15) is 0 Å². The van der Waals surface area contributed by atoms with Crippen LogP contribution in [0.5, 0.6) is 28.7 Å². The molecule has 0 bridgehead atoms. The number of nitrogens with one attached hydrogen (secondary N) is 4. The molecule has 6 aromatic carbocycles. The predicted octanol–water partition coefficient (Wildman–Crippen LogP) is 8.82. The van der Waals surface area contributed by atoms with Crippen molar-refractivity contribution in [3.63, 3.8) is 0 Å². The first kappa shape index (κ1) is 75.3. The summed E-state index contributed by atoms with van der Waals surface area (Å²) in [4.78, 5) is 134. The van der Waals surface area contributed by atoms with E-state index in [4.69, 9.17) is 33.4 Å². The highest BCUT2D eigenvalue weighted by Gasteiger charge is 2.58. The standard InChI is InChI=1S/C81H88N12O16/c1-46(2)73(86-71(97)41-84-70(96)40-83-69(95)26-27-72(98)90-42-52-14-9-10-15-56(52)74-75(93(47(3)4)88-87-74)57-16-11-12-17-61(57)90)76(99)85-48(5)64(94)32-49-18-20-50(21-19-49)44-109-80(103)92-62-37-68(66(106-8)35-59(62)78(101)91-45-81(28-29-81)38-63(91)79(92)102)108-31-13-30-107-67-36-60-58(34-65(67)105-7)77(100)89-43-53(33-54(89)39-82-60)51-22-24-55(104-6)25-23-51/h9-12,14-25,34-37,39,43,46-48,54,63,73,79,102H,13,26-33,38,40-42,44-45H2,1-8H3,(H,83,95)(H,84,96)(H,85,99)(H,86,97)/t48-,54-,63-,73-,79?/m0/s1. The normalized spacial score (nSPS) is 17.5. The van der Waals surface area contributed by atoms with Crippen LogP contribution in [0.2, 0.25) is 0 Å². The summed E-state index contributed by atoms with van der Waals surface area (Å²) < 4.78 is 37.0. The summed E-state index contributed by atoms with van der Waals surface area (Å²) in [7, 11) is 4.54. The molecule has 1 unspecified atom stereocenters. The third-order valence-corrected chi connectivity index (χ3v) is 20.7. The summed E-state index contributed by atoms with van der Waals surface area (Å²) in [6.45, 7) is 8.56. The molecular weight excluding hydrogens is 1400 g/mol. The molecule has 1 aromatic heterocycles. The number of aliphatic imine (C=N–C) groups is 1. The first-order valence-electron chi connectivity index (χ1n) is 36.6. The minimum Gasteiger partial charge on any atom is -0.497 e. The van der Waals surface area contributed by atoms with Crippen LogP contribution in [0.3, 0.4) is 0 Å². The molecule has 0 radical (unpaired) electrons. The van der Waals surface area contributed by atoms with E-state index in [1.165, 1.54) is 33.3 Å². The van der Waals surface area contributed by atoms with Crippen molar-refractivity contribution < 1.29 is 76.7 Å². The SMILES string of the molecule is COc1ccc(C2=CN3C(=O)c4cc(OC)c(OCCCOc5cc6c(cc5OC)C(=O)N5CC7(CC7)C[C@H]5C(O)N6C(=O)OCc5ccc(CC(=O)[C@H](C)NC(=O)[C@@H](NC(=O)CNC(=O)CNC(=O)CCC(=O)N6Cc7ccccc7-c7nnn(C(C)C)c7-c7ccccc76)C(C)C)cc5)cc4N=C[C@@H]3C2)cc1. The van der Waals surface area contributed by atoms with Crippen LogP contribution >= 0.6 is 0 Å². The first-order chi connectivity index (χ1) is 52.5. The Morgan fingerprint density at radius 2 is 1.35 bits per heavy atom. The molecule has 6 aliphatic rings. The van der Waals surface area contributed by atoms with Gasteiger partial charge in [0.2, 0.25) is 29.5 Å². The number of methoxy groups -OCH3 is 3. The highest BCUT2D eigenvalue weighted by Crippen LogP contribution is 2.57. The fraction of sp³-hybridized carbons (Fsp3) is 0.383. The maximum Gasteiger partial charge on any atom is 0.416 e. The molecular formula is C81H88N12O16. The van der Waals surface area contributed by atoms with Gasteiger partial charge >= 0.3 is 6.09 Å². The second-order valence-corrected chi connectivity index (χ2v) is 28.8. The van der Waals surface area contributed by atoms with Crippen LogP contribution in [0.4, 0.5) is 21.9 Å². The molecule has 5 atom stereocenters. The molecule has 28 nitrogen and oxygen atoms in total. The number of Topliss-reactive ketones (excluding diaryl/α,β-unsaturated/α-hetero) is 1. The molecule has 1 saturated carbocycles. The zero-order valence-electron chi connectivity index (χ0n) is 62.0. The number of para-hydroxylation sites is 1.